The van der Waals surface area contributed by atoms with Crippen molar-refractivity contribution in [3.05, 3.63) is 29.6 Å². The highest BCUT2D eigenvalue weighted by molar-refractivity contribution is 5.93. The lowest BCUT2D eigenvalue weighted by Crippen LogP contribution is -2.53. The van der Waals surface area contributed by atoms with Crippen molar-refractivity contribution in [3.63, 3.8) is 0 Å². The molecule has 1 aliphatic heterocycles. The van der Waals surface area contributed by atoms with E-state index in [1.807, 2.05) is 25.1 Å². The fraction of sp³-hybridized carbons (Fsp3) is 0.571. The molecule has 8 heteroatoms. The Bertz CT molecular complexity index is 913. The van der Waals surface area contributed by atoms with Gasteiger partial charge in [-0.1, -0.05) is 11.6 Å². The third-order valence-corrected chi connectivity index (χ3v) is 6.55. The van der Waals surface area contributed by atoms with E-state index in [0.29, 0.717) is 42.2 Å². The van der Waals surface area contributed by atoms with Crippen molar-refractivity contribution in [2.24, 2.45) is 17.6 Å². The van der Waals surface area contributed by atoms with Gasteiger partial charge in [0.1, 0.15) is 13.2 Å². The number of benzene rings is 1. The van der Waals surface area contributed by atoms with Crippen LogP contribution in [0.15, 0.2) is 18.2 Å². The summed E-state index contributed by atoms with van der Waals surface area (Å²) >= 11 is 0. The molecule has 0 radical (unpaired) electrons. The van der Waals surface area contributed by atoms with Crippen molar-refractivity contribution in [1.82, 2.24) is 20.3 Å². The van der Waals surface area contributed by atoms with Crippen molar-refractivity contribution in [2.75, 3.05) is 13.2 Å². The summed E-state index contributed by atoms with van der Waals surface area (Å²) in [4.78, 5) is 13.0. The van der Waals surface area contributed by atoms with E-state index >= 15 is 0 Å². The molecule has 29 heavy (non-hydrogen) atoms. The van der Waals surface area contributed by atoms with E-state index in [4.69, 9.17) is 15.2 Å². The number of fused-ring (bicyclic) bond motifs is 3. The fourth-order valence-corrected chi connectivity index (χ4v) is 5.19. The molecule has 2 heterocycles. The zero-order chi connectivity index (χ0) is 20.0. The lowest BCUT2D eigenvalue weighted by Gasteiger charge is -2.45. The van der Waals surface area contributed by atoms with Crippen molar-refractivity contribution in [2.45, 2.75) is 51.1 Å². The highest BCUT2D eigenvalue weighted by Gasteiger charge is 2.40. The quantitative estimate of drug-likeness (QED) is 0.821. The first kappa shape index (κ1) is 18.4. The Morgan fingerprint density at radius 1 is 1.17 bits per heavy atom. The lowest BCUT2D eigenvalue weighted by atomic mass is 9.67. The normalized spacial score (nSPS) is 28.1. The maximum Gasteiger partial charge on any atom is 0.274 e. The molecule has 1 aromatic heterocycles. The molecule has 1 aromatic carbocycles. The van der Waals surface area contributed by atoms with Gasteiger partial charge >= 0.3 is 0 Å². The summed E-state index contributed by atoms with van der Waals surface area (Å²) in [5.74, 6) is 2.19. The monoisotopic (exact) mass is 397 g/mol. The van der Waals surface area contributed by atoms with Crippen LogP contribution in [-0.4, -0.2) is 46.2 Å². The van der Waals surface area contributed by atoms with E-state index in [1.54, 1.807) is 4.68 Å². The van der Waals surface area contributed by atoms with Gasteiger partial charge in [0.05, 0.1) is 11.4 Å². The van der Waals surface area contributed by atoms with Gasteiger partial charge in [-0.2, -0.15) is 0 Å². The van der Waals surface area contributed by atoms with Crippen LogP contribution in [0, 0.1) is 18.8 Å². The number of carbonyl (C=O) groups excluding carboxylic acids is 1. The molecule has 0 saturated heterocycles. The van der Waals surface area contributed by atoms with Crippen LogP contribution in [0.2, 0.25) is 0 Å². The first-order valence-corrected chi connectivity index (χ1v) is 10.5. The second kappa shape index (κ2) is 7.33. The van der Waals surface area contributed by atoms with E-state index in [1.165, 1.54) is 6.42 Å². The SMILES string of the molecule is Cc1c(C(=O)NC2C3CCCC2CC(N)C3)nnn1-c1ccc2c(c1)OCCO2. The average molecular weight is 397 g/mol. The van der Waals surface area contributed by atoms with Crippen LogP contribution in [0.5, 0.6) is 11.5 Å². The number of hydrogen-bond donors (Lipinski definition) is 2. The summed E-state index contributed by atoms with van der Waals surface area (Å²) in [5, 5.41) is 11.7. The summed E-state index contributed by atoms with van der Waals surface area (Å²) in [6.45, 7) is 2.93. The Hall–Kier alpha value is -2.61. The molecule has 2 fully saturated rings. The van der Waals surface area contributed by atoms with Crippen molar-refractivity contribution in [3.8, 4) is 17.2 Å². The third kappa shape index (κ3) is 3.35. The lowest BCUT2D eigenvalue weighted by molar-refractivity contribution is 0.0751. The molecule has 5 rings (SSSR count). The van der Waals surface area contributed by atoms with Gasteiger partial charge in [0.25, 0.3) is 5.91 Å². The van der Waals surface area contributed by atoms with Crippen LogP contribution in [0.1, 0.15) is 48.3 Å². The van der Waals surface area contributed by atoms with Crippen LogP contribution >= 0.6 is 0 Å². The number of aromatic nitrogens is 3. The van der Waals surface area contributed by atoms with Crippen molar-refractivity contribution in [1.29, 1.82) is 0 Å². The minimum atomic E-state index is -0.149. The predicted octanol–water partition coefficient (Wildman–Crippen LogP) is 1.98. The van der Waals surface area contributed by atoms with Gasteiger partial charge in [0.15, 0.2) is 17.2 Å². The van der Waals surface area contributed by atoms with Crippen LogP contribution < -0.4 is 20.5 Å². The molecule has 0 spiro atoms. The minimum Gasteiger partial charge on any atom is -0.486 e. The van der Waals surface area contributed by atoms with Gasteiger partial charge in [-0.15, -0.1) is 5.10 Å². The summed E-state index contributed by atoms with van der Waals surface area (Å²) in [6.07, 6.45) is 5.48. The van der Waals surface area contributed by atoms with E-state index < -0.39 is 0 Å². The van der Waals surface area contributed by atoms with Gasteiger partial charge in [-0.05, 0) is 56.6 Å². The molecular formula is C21H27N5O3. The smallest absolute Gasteiger partial charge is 0.274 e. The van der Waals surface area contributed by atoms with Gasteiger partial charge in [0, 0.05) is 18.2 Å². The number of nitrogens with zero attached hydrogens (tertiary/aromatic N) is 3. The number of rotatable bonds is 3. The Labute approximate surface area is 169 Å². The number of carbonyl (C=O) groups is 1. The number of amides is 1. The molecule has 2 aliphatic carbocycles. The summed E-state index contributed by atoms with van der Waals surface area (Å²) in [7, 11) is 0. The molecule has 3 aliphatic rings. The Kier molecular flexibility index (Phi) is 4.66. The molecule has 2 bridgehead atoms. The van der Waals surface area contributed by atoms with Crippen LogP contribution in [0.4, 0.5) is 0 Å². The standard InChI is InChI=1S/C21H27N5O3/c1-12-19(21(27)23-20-13-3-2-4-14(20)10-15(22)9-13)24-25-26(12)16-5-6-17-18(11-16)29-8-7-28-17/h5-6,11,13-15,20H,2-4,7-10,22H2,1H3,(H,23,27). The molecule has 2 atom stereocenters. The summed E-state index contributed by atoms with van der Waals surface area (Å²) in [5.41, 5.74) is 8.08. The van der Waals surface area contributed by atoms with Crippen LogP contribution in [-0.2, 0) is 0 Å². The van der Waals surface area contributed by atoms with Crippen molar-refractivity contribution < 1.29 is 14.3 Å². The fourth-order valence-electron chi connectivity index (χ4n) is 5.19. The molecule has 3 N–H and O–H groups in total. The topological polar surface area (TPSA) is 104 Å². The van der Waals surface area contributed by atoms with Crippen LogP contribution in [0.3, 0.4) is 0 Å². The summed E-state index contributed by atoms with van der Waals surface area (Å²) in [6, 6.07) is 6.07. The zero-order valence-corrected chi connectivity index (χ0v) is 16.6. The molecule has 2 unspecified atom stereocenters. The van der Waals surface area contributed by atoms with Gasteiger partial charge in [-0.3, -0.25) is 4.79 Å². The molecular weight excluding hydrogens is 370 g/mol. The van der Waals surface area contributed by atoms with Gasteiger partial charge < -0.3 is 20.5 Å². The molecule has 154 valence electrons. The van der Waals surface area contributed by atoms with E-state index in [0.717, 1.165) is 37.1 Å². The Morgan fingerprint density at radius 3 is 2.66 bits per heavy atom. The second-order valence-electron chi connectivity index (χ2n) is 8.45. The number of hydrogen-bond acceptors (Lipinski definition) is 6. The second-order valence-corrected chi connectivity index (χ2v) is 8.45. The Morgan fingerprint density at radius 2 is 1.90 bits per heavy atom. The summed E-state index contributed by atoms with van der Waals surface area (Å²) < 4.78 is 12.9. The first-order valence-electron chi connectivity index (χ1n) is 10.5. The number of ether oxygens (including phenoxy) is 2. The van der Waals surface area contributed by atoms with E-state index in [2.05, 4.69) is 15.6 Å². The predicted molar refractivity (Wildman–Crippen MR) is 106 cm³/mol. The Balaban J connectivity index is 1.36. The minimum absolute atomic E-state index is 0.149. The van der Waals surface area contributed by atoms with Gasteiger partial charge in [0.2, 0.25) is 0 Å². The highest BCUT2D eigenvalue weighted by atomic mass is 16.6. The zero-order valence-electron chi connectivity index (χ0n) is 16.6. The molecule has 1 amide bonds. The van der Waals surface area contributed by atoms with Gasteiger partial charge in [-0.25, -0.2) is 4.68 Å². The van der Waals surface area contributed by atoms with E-state index in [-0.39, 0.29) is 18.0 Å². The molecule has 2 saturated carbocycles. The number of nitrogens with two attached hydrogens (primary N) is 1. The van der Waals surface area contributed by atoms with E-state index in [9.17, 15) is 4.79 Å². The largest absolute Gasteiger partial charge is 0.486 e. The maximum atomic E-state index is 13.0. The first-order chi connectivity index (χ1) is 14.1. The molecule has 8 nitrogen and oxygen atoms in total. The molecule has 2 aromatic rings. The van der Waals surface area contributed by atoms with Crippen molar-refractivity contribution >= 4 is 5.91 Å². The highest BCUT2D eigenvalue weighted by Crippen LogP contribution is 2.40. The maximum absolute atomic E-state index is 13.0. The number of nitrogens with one attached hydrogen (secondary N) is 1. The third-order valence-electron chi connectivity index (χ3n) is 6.55. The van der Waals surface area contributed by atoms with Crippen LogP contribution in [0.25, 0.3) is 5.69 Å². The average Bonchev–Trinajstić information content (AvgIpc) is 3.10.